The lowest BCUT2D eigenvalue weighted by atomic mass is 10.0. The zero-order valence-corrected chi connectivity index (χ0v) is 17.2. The molecule has 148 valence electrons. The highest BCUT2D eigenvalue weighted by Gasteiger charge is 2.23. The van der Waals surface area contributed by atoms with Crippen molar-refractivity contribution in [3.63, 3.8) is 0 Å². The monoisotopic (exact) mass is 397 g/mol. The van der Waals surface area contributed by atoms with Crippen LogP contribution < -0.4 is 10.6 Å². The molecule has 0 aliphatic carbocycles. The number of carbonyl (C=O) groups is 2. The Balaban J connectivity index is 1.46. The average molecular weight is 398 g/mol. The van der Waals surface area contributed by atoms with Gasteiger partial charge in [0, 0.05) is 35.3 Å². The molecule has 0 atom stereocenters. The number of rotatable bonds is 6. The normalized spacial score (nSPS) is 15.2. The van der Waals surface area contributed by atoms with Gasteiger partial charge in [0.05, 0.1) is 6.54 Å². The smallest absolute Gasteiger partial charge is 0.251 e. The molecule has 1 fully saturated rings. The third-order valence-corrected chi connectivity index (χ3v) is 5.76. The van der Waals surface area contributed by atoms with Crippen molar-refractivity contribution < 1.29 is 9.59 Å². The molecule has 2 aromatic rings. The maximum atomic E-state index is 12.7. The summed E-state index contributed by atoms with van der Waals surface area (Å²) < 4.78 is 0. The number of nitrogens with one attached hydrogen (secondary N) is 2. The number of anilines is 1. The van der Waals surface area contributed by atoms with E-state index in [9.17, 15) is 9.59 Å². The Bertz CT molecular complexity index is 818. The van der Waals surface area contributed by atoms with Crippen molar-refractivity contribution in [3.8, 4) is 0 Å². The lowest BCUT2D eigenvalue weighted by Crippen LogP contribution is -2.46. The van der Waals surface area contributed by atoms with Crippen LogP contribution in [0.4, 0.5) is 5.69 Å². The molecule has 1 saturated heterocycles. The van der Waals surface area contributed by atoms with Crippen LogP contribution in [0, 0.1) is 6.92 Å². The molecule has 0 bridgehead atoms. The second-order valence-corrected chi connectivity index (χ2v) is 8.00. The van der Waals surface area contributed by atoms with Crippen LogP contribution in [0.15, 0.2) is 53.4 Å². The molecule has 1 aliphatic rings. The van der Waals surface area contributed by atoms with Crippen LogP contribution in [0.25, 0.3) is 0 Å². The number of carbonyl (C=O) groups excluding carboxylic acids is 2. The highest BCUT2D eigenvalue weighted by atomic mass is 32.2. The minimum atomic E-state index is -0.00586. The van der Waals surface area contributed by atoms with Crippen molar-refractivity contribution in [3.05, 3.63) is 59.7 Å². The number of aryl methyl sites for hydroxylation is 1. The van der Waals surface area contributed by atoms with Crippen molar-refractivity contribution in [1.82, 2.24) is 10.2 Å². The fraction of sp³-hybridized carbons (Fsp3) is 0.364. The van der Waals surface area contributed by atoms with Gasteiger partial charge in [0.1, 0.15) is 0 Å². The van der Waals surface area contributed by atoms with Gasteiger partial charge >= 0.3 is 0 Å². The first-order valence-corrected chi connectivity index (χ1v) is 10.8. The molecule has 0 radical (unpaired) electrons. The van der Waals surface area contributed by atoms with E-state index in [1.165, 1.54) is 0 Å². The zero-order chi connectivity index (χ0) is 19.9. The third-order valence-electron chi connectivity index (χ3n) is 5.04. The van der Waals surface area contributed by atoms with Crippen LogP contribution in [0.5, 0.6) is 0 Å². The average Bonchev–Trinajstić information content (AvgIpc) is 2.70. The summed E-state index contributed by atoms with van der Waals surface area (Å²) in [7, 11) is 0. The van der Waals surface area contributed by atoms with Crippen molar-refractivity contribution >= 4 is 29.3 Å². The highest BCUT2D eigenvalue weighted by molar-refractivity contribution is 7.98. The molecule has 0 aromatic heterocycles. The van der Waals surface area contributed by atoms with Crippen LogP contribution in [0.3, 0.4) is 0 Å². The minimum Gasteiger partial charge on any atom is -0.349 e. The molecular formula is C22H27N3O2S. The van der Waals surface area contributed by atoms with E-state index in [0.29, 0.717) is 6.54 Å². The Morgan fingerprint density at radius 3 is 2.50 bits per heavy atom. The Morgan fingerprint density at radius 2 is 1.82 bits per heavy atom. The SMILES string of the molecule is CSc1ccc(C)c(C(=O)NC2CCN(CC(=O)Nc3ccccc3)CC2)c1. The summed E-state index contributed by atoms with van der Waals surface area (Å²) in [5.41, 5.74) is 2.55. The van der Waals surface area contributed by atoms with E-state index >= 15 is 0 Å². The van der Waals surface area contributed by atoms with E-state index in [2.05, 4.69) is 15.5 Å². The molecule has 0 saturated carbocycles. The van der Waals surface area contributed by atoms with Crippen molar-refractivity contribution in [1.29, 1.82) is 0 Å². The van der Waals surface area contributed by atoms with E-state index in [-0.39, 0.29) is 17.9 Å². The molecule has 0 unspecified atom stereocenters. The standard InChI is InChI=1S/C22H27N3O2S/c1-16-8-9-19(28-2)14-20(16)22(27)24-18-10-12-25(13-11-18)15-21(26)23-17-6-4-3-5-7-17/h3-9,14,18H,10-13,15H2,1-2H3,(H,23,26)(H,24,27). The van der Waals surface area contributed by atoms with Gasteiger partial charge in [-0.25, -0.2) is 0 Å². The van der Waals surface area contributed by atoms with E-state index in [1.54, 1.807) is 11.8 Å². The largest absolute Gasteiger partial charge is 0.349 e. The molecule has 1 aliphatic heterocycles. The number of hydrogen-bond donors (Lipinski definition) is 2. The van der Waals surface area contributed by atoms with E-state index in [0.717, 1.165) is 47.6 Å². The third kappa shape index (κ3) is 5.59. The second kappa shape index (κ2) is 9.75. The molecule has 2 N–H and O–H groups in total. The quantitative estimate of drug-likeness (QED) is 0.732. The van der Waals surface area contributed by atoms with Gasteiger partial charge < -0.3 is 10.6 Å². The minimum absolute atomic E-state index is 0.00168. The van der Waals surface area contributed by atoms with Gasteiger partial charge in [-0.1, -0.05) is 24.3 Å². The first kappa shape index (κ1) is 20.4. The predicted molar refractivity (Wildman–Crippen MR) is 115 cm³/mol. The predicted octanol–water partition coefficient (Wildman–Crippen LogP) is 3.55. The fourth-order valence-corrected chi connectivity index (χ4v) is 3.84. The van der Waals surface area contributed by atoms with Gasteiger partial charge in [0.15, 0.2) is 0 Å². The number of likely N-dealkylation sites (tertiary alicyclic amines) is 1. The maximum Gasteiger partial charge on any atom is 0.251 e. The lowest BCUT2D eigenvalue weighted by molar-refractivity contribution is -0.117. The number of piperidine rings is 1. The van der Waals surface area contributed by atoms with Crippen molar-refractivity contribution in [2.45, 2.75) is 30.7 Å². The first-order chi connectivity index (χ1) is 13.5. The zero-order valence-electron chi connectivity index (χ0n) is 16.4. The second-order valence-electron chi connectivity index (χ2n) is 7.12. The van der Waals surface area contributed by atoms with Gasteiger partial charge in [0.2, 0.25) is 5.91 Å². The molecular weight excluding hydrogens is 370 g/mol. The van der Waals surface area contributed by atoms with Crippen LogP contribution >= 0.6 is 11.8 Å². The summed E-state index contributed by atoms with van der Waals surface area (Å²) >= 11 is 1.64. The van der Waals surface area contributed by atoms with Crippen LogP contribution in [-0.2, 0) is 4.79 Å². The van der Waals surface area contributed by atoms with Gasteiger partial charge in [-0.3, -0.25) is 14.5 Å². The summed E-state index contributed by atoms with van der Waals surface area (Å²) in [5.74, 6) is -0.00754. The molecule has 1 heterocycles. The molecule has 2 amide bonds. The maximum absolute atomic E-state index is 12.7. The Hall–Kier alpha value is -2.31. The molecule has 28 heavy (non-hydrogen) atoms. The summed E-state index contributed by atoms with van der Waals surface area (Å²) in [6, 6.07) is 15.6. The fourth-order valence-electron chi connectivity index (χ4n) is 3.40. The number of para-hydroxylation sites is 1. The topological polar surface area (TPSA) is 61.4 Å². The summed E-state index contributed by atoms with van der Waals surface area (Å²) in [6.45, 7) is 3.95. The number of benzene rings is 2. The van der Waals surface area contributed by atoms with Crippen molar-refractivity contribution in [2.75, 3.05) is 31.2 Å². The Kier molecular flexibility index (Phi) is 7.12. The van der Waals surface area contributed by atoms with Gasteiger partial charge in [-0.15, -0.1) is 11.8 Å². The van der Waals surface area contributed by atoms with E-state index in [4.69, 9.17) is 0 Å². The Morgan fingerprint density at radius 1 is 1.11 bits per heavy atom. The first-order valence-electron chi connectivity index (χ1n) is 9.58. The van der Waals surface area contributed by atoms with Gasteiger partial charge in [0.25, 0.3) is 5.91 Å². The van der Waals surface area contributed by atoms with Crippen LogP contribution in [-0.4, -0.2) is 48.6 Å². The van der Waals surface area contributed by atoms with Crippen molar-refractivity contribution in [2.24, 2.45) is 0 Å². The molecule has 3 rings (SSSR count). The number of hydrogen-bond acceptors (Lipinski definition) is 4. The van der Waals surface area contributed by atoms with Gasteiger partial charge in [-0.2, -0.15) is 0 Å². The molecule has 2 aromatic carbocycles. The van der Waals surface area contributed by atoms with Gasteiger partial charge in [-0.05, 0) is 55.9 Å². The van der Waals surface area contributed by atoms with E-state index in [1.807, 2.05) is 61.7 Å². The molecule has 6 heteroatoms. The highest BCUT2D eigenvalue weighted by Crippen LogP contribution is 2.20. The molecule has 0 spiro atoms. The van der Waals surface area contributed by atoms with Crippen LogP contribution in [0.1, 0.15) is 28.8 Å². The number of amides is 2. The number of thioether (sulfide) groups is 1. The summed E-state index contributed by atoms with van der Waals surface area (Å²) in [4.78, 5) is 28.1. The number of nitrogens with zero attached hydrogens (tertiary/aromatic N) is 1. The molecule has 5 nitrogen and oxygen atoms in total. The summed E-state index contributed by atoms with van der Waals surface area (Å²) in [5, 5.41) is 6.08. The lowest BCUT2D eigenvalue weighted by Gasteiger charge is -2.32. The Labute approximate surface area is 170 Å². The summed E-state index contributed by atoms with van der Waals surface area (Å²) in [6.07, 6.45) is 3.72. The van der Waals surface area contributed by atoms with Crippen LogP contribution in [0.2, 0.25) is 0 Å². The van der Waals surface area contributed by atoms with E-state index < -0.39 is 0 Å².